The Balaban J connectivity index is 1.58. The molecule has 0 N–H and O–H groups in total. The lowest BCUT2D eigenvalue weighted by Gasteiger charge is -2.19. The fourth-order valence-corrected chi connectivity index (χ4v) is 4.42. The minimum atomic E-state index is -0.289. The van der Waals surface area contributed by atoms with Crippen LogP contribution in [-0.4, -0.2) is 21.6 Å². The van der Waals surface area contributed by atoms with E-state index in [-0.39, 0.29) is 17.5 Å². The van der Waals surface area contributed by atoms with Gasteiger partial charge in [-0.3, -0.25) is 14.7 Å². The smallest absolute Gasteiger partial charge is 0.239 e. The van der Waals surface area contributed by atoms with Crippen molar-refractivity contribution in [1.82, 2.24) is 9.97 Å². The number of fused-ring (bicyclic) bond motifs is 1. The first-order chi connectivity index (χ1) is 13.7. The third kappa shape index (κ3) is 4.37. The Morgan fingerprint density at radius 1 is 1.07 bits per heavy atom. The van der Waals surface area contributed by atoms with Gasteiger partial charge in [0, 0.05) is 17.3 Å². The second kappa shape index (κ2) is 8.50. The van der Waals surface area contributed by atoms with E-state index in [2.05, 4.69) is 9.97 Å². The van der Waals surface area contributed by atoms with Crippen LogP contribution in [0.4, 0.5) is 9.52 Å². The van der Waals surface area contributed by atoms with Gasteiger partial charge in [0.25, 0.3) is 0 Å². The lowest BCUT2D eigenvalue weighted by molar-refractivity contribution is -0.116. The van der Waals surface area contributed by atoms with Gasteiger partial charge in [0.2, 0.25) is 5.91 Å². The minimum Gasteiger partial charge on any atom is -0.283 e. The molecule has 0 aliphatic rings. The average Bonchev–Trinajstić information content (AvgIpc) is 3.16. The molecule has 2 aromatic heterocycles. The van der Waals surface area contributed by atoms with Crippen molar-refractivity contribution in [3.05, 3.63) is 84.4 Å². The molecule has 0 aliphatic heterocycles. The number of carbonyl (C=O) groups excluding carboxylic acids is 1. The minimum absolute atomic E-state index is 0.0581. The molecular weight excluding hydrogens is 393 g/mol. The number of para-hydroxylation sites is 1. The van der Waals surface area contributed by atoms with E-state index in [1.54, 1.807) is 29.4 Å². The molecule has 7 heteroatoms. The van der Waals surface area contributed by atoms with Crippen molar-refractivity contribution in [3.63, 3.8) is 0 Å². The summed E-state index contributed by atoms with van der Waals surface area (Å²) >= 11 is 2.87. The number of aromatic nitrogens is 2. The number of thiazole rings is 1. The van der Waals surface area contributed by atoms with Gasteiger partial charge < -0.3 is 0 Å². The van der Waals surface area contributed by atoms with Crippen LogP contribution in [0.25, 0.3) is 10.2 Å². The number of carbonyl (C=O) groups is 1. The summed E-state index contributed by atoms with van der Waals surface area (Å²) in [7, 11) is 0. The zero-order valence-corrected chi connectivity index (χ0v) is 16.4. The number of hydrogen-bond donors (Lipinski definition) is 0. The van der Waals surface area contributed by atoms with Gasteiger partial charge >= 0.3 is 0 Å². The van der Waals surface area contributed by atoms with Crippen LogP contribution in [0.3, 0.4) is 0 Å². The van der Waals surface area contributed by atoms with Gasteiger partial charge in [-0.05, 0) is 48.0 Å². The number of nitrogens with zero attached hydrogens (tertiary/aromatic N) is 3. The number of thioether (sulfide) groups is 1. The highest BCUT2D eigenvalue weighted by Crippen LogP contribution is 2.30. The molecule has 0 bridgehead atoms. The van der Waals surface area contributed by atoms with Gasteiger partial charge in [0.15, 0.2) is 5.13 Å². The normalized spacial score (nSPS) is 10.9. The van der Waals surface area contributed by atoms with Crippen molar-refractivity contribution in [2.24, 2.45) is 0 Å². The van der Waals surface area contributed by atoms with Crippen molar-refractivity contribution in [2.45, 2.75) is 11.4 Å². The lowest BCUT2D eigenvalue weighted by atomic mass is 10.2. The van der Waals surface area contributed by atoms with Crippen LogP contribution in [0.2, 0.25) is 0 Å². The monoisotopic (exact) mass is 409 g/mol. The molecule has 4 nitrogen and oxygen atoms in total. The molecule has 2 heterocycles. The quantitative estimate of drug-likeness (QED) is 0.413. The summed E-state index contributed by atoms with van der Waals surface area (Å²) in [5, 5.41) is 0.662. The molecule has 0 spiro atoms. The molecule has 0 aliphatic carbocycles. The van der Waals surface area contributed by atoms with Crippen LogP contribution < -0.4 is 4.90 Å². The molecular formula is C21H16FN3OS2. The van der Waals surface area contributed by atoms with Crippen molar-refractivity contribution in [2.75, 3.05) is 10.7 Å². The zero-order valence-electron chi connectivity index (χ0n) is 14.8. The highest BCUT2D eigenvalue weighted by Gasteiger charge is 2.20. The number of hydrogen-bond acceptors (Lipinski definition) is 5. The topological polar surface area (TPSA) is 46.1 Å². The molecule has 140 valence electrons. The Kier molecular flexibility index (Phi) is 5.64. The van der Waals surface area contributed by atoms with E-state index >= 15 is 0 Å². The molecule has 0 fully saturated rings. The molecule has 0 saturated heterocycles. The van der Waals surface area contributed by atoms with Crippen LogP contribution in [-0.2, 0) is 11.3 Å². The van der Waals surface area contributed by atoms with Gasteiger partial charge in [-0.1, -0.05) is 29.5 Å². The second-order valence-corrected chi connectivity index (χ2v) is 8.11. The van der Waals surface area contributed by atoms with Crippen molar-refractivity contribution < 1.29 is 9.18 Å². The van der Waals surface area contributed by atoms with Gasteiger partial charge in [0.05, 0.1) is 22.5 Å². The number of pyridine rings is 1. The van der Waals surface area contributed by atoms with E-state index in [4.69, 9.17) is 0 Å². The third-order valence-corrected chi connectivity index (χ3v) is 6.11. The maximum atomic E-state index is 13.1. The van der Waals surface area contributed by atoms with Gasteiger partial charge in [-0.15, -0.1) is 11.8 Å². The van der Waals surface area contributed by atoms with E-state index in [1.165, 1.54) is 35.2 Å². The summed E-state index contributed by atoms with van der Waals surface area (Å²) in [6, 6.07) is 17.8. The summed E-state index contributed by atoms with van der Waals surface area (Å²) in [6.45, 7) is 0.399. The van der Waals surface area contributed by atoms with E-state index in [0.29, 0.717) is 11.7 Å². The highest BCUT2D eigenvalue weighted by atomic mass is 32.2. The van der Waals surface area contributed by atoms with Crippen molar-refractivity contribution in [3.8, 4) is 0 Å². The largest absolute Gasteiger partial charge is 0.283 e. The number of anilines is 1. The number of halogens is 1. The van der Waals surface area contributed by atoms with Crippen LogP contribution >= 0.6 is 23.1 Å². The first-order valence-corrected chi connectivity index (χ1v) is 10.4. The van der Waals surface area contributed by atoms with E-state index < -0.39 is 0 Å². The first-order valence-electron chi connectivity index (χ1n) is 8.62. The standard InChI is InChI=1S/C21H16FN3OS2/c22-16-7-9-17(10-8-16)27-14-20(26)25(13-15-4-3-11-23-12-15)21-24-18-5-1-2-6-19(18)28-21/h1-12H,13-14H2. The molecule has 28 heavy (non-hydrogen) atoms. The molecule has 0 radical (unpaired) electrons. The van der Waals surface area contributed by atoms with Crippen molar-refractivity contribution >= 4 is 44.4 Å². The predicted octanol–water partition coefficient (Wildman–Crippen LogP) is 5.16. The Morgan fingerprint density at radius 2 is 1.89 bits per heavy atom. The van der Waals surface area contributed by atoms with E-state index in [1.807, 2.05) is 36.4 Å². The van der Waals surface area contributed by atoms with Gasteiger partial charge in [0.1, 0.15) is 5.82 Å². The fourth-order valence-electron chi connectivity index (χ4n) is 2.67. The van der Waals surface area contributed by atoms with Gasteiger partial charge in [-0.25, -0.2) is 9.37 Å². The van der Waals surface area contributed by atoms with E-state index in [9.17, 15) is 9.18 Å². The summed E-state index contributed by atoms with van der Waals surface area (Å²) < 4.78 is 14.1. The summed E-state index contributed by atoms with van der Waals surface area (Å²) in [5.41, 5.74) is 1.81. The summed E-state index contributed by atoms with van der Waals surface area (Å²) in [4.78, 5) is 24.4. The van der Waals surface area contributed by atoms with Crippen LogP contribution in [0.15, 0.2) is 78.0 Å². The number of amides is 1. The molecule has 0 saturated carbocycles. The Bertz CT molecular complexity index is 1050. The molecule has 1 amide bonds. The molecule has 0 unspecified atom stereocenters. The van der Waals surface area contributed by atoms with Crippen LogP contribution in [0, 0.1) is 5.82 Å². The van der Waals surface area contributed by atoms with Gasteiger partial charge in [-0.2, -0.15) is 0 Å². The zero-order chi connectivity index (χ0) is 19.3. The predicted molar refractivity (Wildman–Crippen MR) is 112 cm³/mol. The average molecular weight is 410 g/mol. The first kappa shape index (κ1) is 18.6. The second-order valence-electron chi connectivity index (χ2n) is 6.05. The molecule has 2 aromatic carbocycles. The van der Waals surface area contributed by atoms with E-state index in [0.717, 1.165) is 20.7 Å². The van der Waals surface area contributed by atoms with Crippen LogP contribution in [0.5, 0.6) is 0 Å². The summed E-state index contributed by atoms with van der Waals surface area (Å²) in [6.07, 6.45) is 3.46. The lowest BCUT2D eigenvalue weighted by Crippen LogP contribution is -2.31. The highest BCUT2D eigenvalue weighted by molar-refractivity contribution is 8.00. The Labute approximate surface area is 170 Å². The molecule has 0 atom stereocenters. The maximum absolute atomic E-state index is 13.1. The van der Waals surface area contributed by atoms with Crippen LogP contribution in [0.1, 0.15) is 5.56 Å². The number of rotatable bonds is 6. The molecule has 4 aromatic rings. The Morgan fingerprint density at radius 3 is 2.64 bits per heavy atom. The SMILES string of the molecule is O=C(CSc1ccc(F)cc1)N(Cc1cccnc1)c1nc2ccccc2s1. The third-order valence-electron chi connectivity index (χ3n) is 4.05. The molecule has 4 rings (SSSR count). The van der Waals surface area contributed by atoms with Crippen molar-refractivity contribution in [1.29, 1.82) is 0 Å². The summed E-state index contributed by atoms with van der Waals surface area (Å²) in [5.74, 6) is -0.109. The fraction of sp³-hybridized carbons (Fsp3) is 0.0952. The Hall–Kier alpha value is -2.77. The maximum Gasteiger partial charge on any atom is 0.239 e. The number of benzene rings is 2.